The molecule has 1 fully saturated rings. The van der Waals surface area contributed by atoms with Gasteiger partial charge in [-0.1, -0.05) is 24.3 Å². The molecule has 6 heteroatoms. The largest absolute Gasteiger partial charge is 0.378 e. The average molecular weight is 300 g/mol. The van der Waals surface area contributed by atoms with E-state index in [1.54, 1.807) is 17.4 Å². The predicted molar refractivity (Wildman–Crippen MR) is 82.4 cm³/mol. The lowest BCUT2D eigenvalue weighted by Gasteiger charge is -2.26. The Balaban J connectivity index is 1.49. The van der Waals surface area contributed by atoms with Crippen molar-refractivity contribution in [3.63, 3.8) is 0 Å². The van der Waals surface area contributed by atoms with Gasteiger partial charge in [-0.2, -0.15) is 0 Å². The first-order chi connectivity index (χ1) is 10.8. The predicted octanol–water partition coefficient (Wildman–Crippen LogP) is 1.47. The zero-order valence-corrected chi connectivity index (χ0v) is 12.4. The van der Waals surface area contributed by atoms with Crippen LogP contribution in [-0.4, -0.2) is 46.8 Å². The standard InChI is InChI=1S/C16H20N4O2/c21-16(20-7-9-22-10-8-20)18-11-14-1-3-15(4-2-14)12-19-6-5-17-13-19/h1-6,13H,7-12H2,(H,18,21). The molecule has 0 unspecified atom stereocenters. The van der Waals surface area contributed by atoms with Crippen molar-refractivity contribution < 1.29 is 9.53 Å². The molecule has 1 aromatic carbocycles. The molecule has 22 heavy (non-hydrogen) atoms. The third-order valence-electron chi connectivity index (χ3n) is 3.69. The fraction of sp³-hybridized carbons (Fsp3) is 0.375. The zero-order chi connectivity index (χ0) is 15.2. The van der Waals surface area contributed by atoms with E-state index >= 15 is 0 Å². The maximum absolute atomic E-state index is 12.0. The summed E-state index contributed by atoms with van der Waals surface area (Å²) >= 11 is 0. The minimum Gasteiger partial charge on any atom is -0.378 e. The highest BCUT2D eigenvalue weighted by Gasteiger charge is 2.15. The summed E-state index contributed by atoms with van der Waals surface area (Å²) < 4.78 is 7.26. The highest BCUT2D eigenvalue weighted by molar-refractivity contribution is 5.74. The average Bonchev–Trinajstić information content (AvgIpc) is 3.08. The van der Waals surface area contributed by atoms with E-state index in [-0.39, 0.29) is 6.03 Å². The minimum atomic E-state index is -0.0224. The number of carbonyl (C=O) groups is 1. The van der Waals surface area contributed by atoms with E-state index in [0.29, 0.717) is 32.8 Å². The topological polar surface area (TPSA) is 59.4 Å². The molecule has 1 aromatic heterocycles. The molecule has 0 saturated carbocycles. The third-order valence-corrected chi connectivity index (χ3v) is 3.69. The van der Waals surface area contributed by atoms with Gasteiger partial charge in [0.15, 0.2) is 0 Å². The number of carbonyl (C=O) groups excluding carboxylic acids is 1. The van der Waals surface area contributed by atoms with Crippen molar-refractivity contribution in [2.45, 2.75) is 13.1 Å². The van der Waals surface area contributed by atoms with Crippen molar-refractivity contribution in [2.75, 3.05) is 26.3 Å². The lowest BCUT2D eigenvalue weighted by Crippen LogP contribution is -2.45. The normalized spacial score (nSPS) is 14.8. The maximum atomic E-state index is 12.0. The van der Waals surface area contributed by atoms with E-state index in [2.05, 4.69) is 22.4 Å². The fourth-order valence-corrected chi connectivity index (χ4v) is 2.41. The molecule has 1 N–H and O–H groups in total. The lowest BCUT2D eigenvalue weighted by atomic mass is 10.1. The molecule has 3 rings (SSSR count). The summed E-state index contributed by atoms with van der Waals surface area (Å²) in [5.41, 5.74) is 2.30. The number of nitrogens with one attached hydrogen (secondary N) is 1. The molecule has 2 aromatic rings. The quantitative estimate of drug-likeness (QED) is 0.930. The van der Waals surface area contributed by atoms with Gasteiger partial charge in [-0.05, 0) is 11.1 Å². The van der Waals surface area contributed by atoms with Gasteiger partial charge in [-0.3, -0.25) is 0 Å². The third kappa shape index (κ3) is 3.85. The van der Waals surface area contributed by atoms with Gasteiger partial charge in [0, 0.05) is 38.6 Å². The van der Waals surface area contributed by atoms with Crippen LogP contribution in [0.25, 0.3) is 0 Å². The van der Waals surface area contributed by atoms with Crippen molar-refractivity contribution in [3.8, 4) is 0 Å². The number of urea groups is 1. The molecule has 1 saturated heterocycles. The first kappa shape index (κ1) is 14.6. The van der Waals surface area contributed by atoms with Gasteiger partial charge in [0.2, 0.25) is 0 Å². The fourth-order valence-electron chi connectivity index (χ4n) is 2.41. The number of rotatable bonds is 4. The van der Waals surface area contributed by atoms with Gasteiger partial charge in [-0.25, -0.2) is 9.78 Å². The Morgan fingerprint density at radius 2 is 1.91 bits per heavy atom. The van der Waals surface area contributed by atoms with Crippen molar-refractivity contribution >= 4 is 6.03 Å². The Morgan fingerprint density at radius 1 is 1.18 bits per heavy atom. The van der Waals surface area contributed by atoms with Crippen molar-refractivity contribution in [1.29, 1.82) is 0 Å². The molecular formula is C16H20N4O2. The summed E-state index contributed by atoms with van der Waals surface area (Å²) in [5, 5.41) is 2.95. The molecule has 6 nitrogen and oxygen atoms in total. The number of amides is 2. The number of aromatic nitrogens is 2. The van der Waals surface area contributed by atoms with E-state index in [4.69, 9.17) is 4.74 Å². The van der Waals surface area contributed by atoms with Gasteiger partial charge in [0.1, 0.15) is 0 Å². The second-order valence-electron chi connectivity index (χ2n) is 5.31. The summed E-state index contributed by atoms with van der Waals surface area (Å²) in [6.45, 7) is 3.92. The van der Waals surface area contributed by atoms with E-state index in [1.165, 1.54) is 5.56 Å². The van der Waals surface area contributed by atoms with Crippen molar-refractivity contribution in [3.05, 3.63) is 54.1 Å². The highest BCUT2D eigenvalue weighted by Crippen LogP contribution is 2.07. The van der Waals surface area contributed by atoms with Crippen LogP contribution in [0.2, 0.25) is 0 Å². The van der Waals surface area contributed by atoms with Gasteiger partial charge >= 0.3 is 6.03 Å². The van der Waals surface area contributed by atoms with E-state index in [9.17, 15) is 4.79 Å². The van der Waals surface area contributed by atoms with Crippen LogP contribution in [0.5, 0.6) is 0 Å². The molecule has 1 aliphatic rings. The van der Waals surface area contributed by atoms with Gasteiger partial charge in [0.05, 0.1) is 19.5 Å². The molecule has 0 aliphatic carbocycles. The van der Waals surface area contributed by atoms with Crippen LogP contribution in [0, 0.1) is 0 Å². The first-order valence-corrected chi connectivity index (χ1v) is 7.45. The SMILES string of the molecule is O=C(NCc1ccc(Cn2ccnc2)cc1)N1CCOCC1. The van der Waals surface area contributed by atoms with Gasteiger partial charge in [-0.15, -0.1) is 0 Å². The Labute approximate surface area is 129 Å². The summed E-state index contributed by atoms with van der Waals surface area (Å²) in [7, 11) is 0. The summed E-state index contributed by atoms with van der Waals surface area (Å²) in [6.07, 6.45) is 5.52. The second kappa shape index (κ2) is 7.09. The van der Waals surface area contributed by atoms with E-state index in [0.717, 1.165) is 12.1 Å². The smallest absolute Gasteiger partial charge is 0.317 e. The Morgan fingerprint density at radius 3 is 2.59 bits per heavy atom. The monoisotopic (exact) mass is 300 g/mol. The van der Waals surface area contributed by atoms with E-state index in [1.807, 2.05) is 22.9 Å². The Kier molecular flexibility index (Phi) is 4.70. The van der Waals surface area contributed by atoms with Crippen LogP contribution in [0.15, 0.2) is 43.0 Å². The minimum absolute atomic E-state index is 0.0224. The van der Waals surface area contributed by atoms with Crippen LogP contribution in [-0.2, 0) is 17.8 Å². The summed E-state index contributed by atoms with van der Waals surface area (Å²) in [4.78, 5) is 17.8. The molecule has 2 amide bonds. The van der Waals surface area contributed by atoms with Crippen LogP contribution in [0.3, 0.4) is 0 Å². The second-order valence-corrected chi connectivity index (χ2v) is 5.31. The van der Waals surface area contributed by atoms with E-state index < -0.39 is 0 Å². The lowest BCUT2D eigenvalue weighted by molar-refractivity contribution is 0.0531. The summed E-state index contributed by atoms with van der Waals surface area (Å²) in [6, 6.07) is 8.23. The molecule has 0 radical (unpaired) electrons. The number of hydrogen-bond donors (Lipinski definition) is 1. The summed E-state index contributed by atoms with van der Waals surface area (Å²) in [5.74, 6) is 0. The molecule has 1 aliphatic heterocycles. The highest BCUT2D eigenvalue weighted by atomic mass is 16.5. The molecule has 0 spiro atoms. The van der Waals surface area contributed by atoms with Crippen LogP contribution < -0.4 is 5.32 Å². The van der Waals surface area contributed by atoms with Crippen molar-refractivity contribution in [2.24, 2.45) is 0 Å². The number of morpholine rings is 1. The maximum Gasteiger partial charge on any atom is 0.317 e. The van der Waals surface area contributed by atoms with Crippen LogP contribution in [0.1, 0.15) is 11.1 Å². The molecule has 0 bridgehead atoms. The zero-order valence-electron chi connectivity index (χ0n) is 12.4. The molecule has 116 valence electrons. The molecule has 0 atom stereocenters. The van der Waals surface area contributed by atoms with Gasteiger partial charge in [0.25, 0.3) is 0 Å². The molecule has 2 heterocycles. The number of ether oxygens (including phenoxy) is 1. The first-order valence-electron chi connectivity index (χ1n) is 7.45. The van der Waals surface area contributed by atoms with Crippen molar-refractivity contribution in [1.82, 2.24) is 19.8 Å². The number of hydrogen-bond acceptors (Lipinski definition) is 3. The Hall–Kier alpha value is -2.34. The molecular weight excluding hydrogens is 280 g/mol. The van der Waals surface area contributed by atoms with Gasteiger partial charge < -0.3 is 19.5 Å². The number of imidazole rings is 1. The van der Waals surface area contributed by atoms with Crippen LogP contribution in [0.4, 0.5) is 4.79 Å². The number of benzene rings is 1. The number of nitrogens with zero attached hydrogens (tertiary/aromatic N) is 3. The van der Waals surface area contributed by atoms with Crippen LogP contribution >= 0.6 is 0 Å². The Bertz CT molecular complexity index is 589.